The van der Waals surface area contributed by atoms with Gasteiger partial charge >= 0.3 is 0 Å². The zero-order valence-corrected chi connectivity index (χ0v) is 42.3. The van der Waals surface area contributed by atoms with Crippen molar-refractivity contribution in [1.29, 1.82) is 0 Å². The molecule has 0 amide bonds. The molecule has 0 N–H and O–H groups in total. The Bertz CT molecular complexity index is 4080. The smallest absolute Gasteiger partial charge is 0.268 e. The molecular weight excluding hydrogens is 1060 g/mol. The Hall–Kier alpha value is -8.37. The van der Waals surface area contributed by atoms with Crippen molar-refractivity contribution in [3.63, 3.8) is 0 Å². The molecule has 0 unspecified atom stereocenters. The van der Waals surface area contributed by atoms with Crippen molar-refractivity contribution in [2.75, 3.05) is 4.90 Å². The summed E-state index contributed by atoms with van der Waals surface area (Å²) in [4.78, 5) is 7.21. The molecule has 0 fully saturated rings. The van der Waals surface area contributed by atoms with Gasteiger partial charge in [-0.1, -0.05) is 189 Å². The zero-order valence-electron chi connectivity index (χ0n) is 40.0. The molecule has 0 spiro atoms. The van der Waals surface area contributed by atoms with Crippen LogP contribution >= 0.6 is 0 Å². The van der Waals surface area contributed by atoms with Crippen LogP contribution in [0.1, 0.15) is 26.3 Å². The summed E-state index contributed by atoms with van der Waals surface area (Å²) in [6.07, 6.45) is 5.83. The van der Waals surface area contributed by atoms with Crippen LogP contribution in [0, 0.1) is 18.5 Å². The van der Waals surface area contributed by atoms with E-state index in [-0.39, 0.29) is 26.5 Å². The van der Waals surface area contributed by atoms with E-state index in [4.69, 9.17) is 4.98 Å². The predicted molar refractivity (Wildman–Crippen MR) is 293 cm³/mol. The Kier molecular flexibility index (Phi) is 11.3. The molecule has 348 valence electrons. The van der Waals surface area contributed by atoms with Crippen LogP contribution in [0.5, 0.6) is 0 Å². The number of imidazole rings is 1. The Labute approximate surface area is 433 Å². The van der Waals surface area contributed by atoms with Gasteiger partial charge in [0.15, 0.2) is 0 Å². The van der Waals surface area contributed by atoms with Gasteiger partial charge in [0.1, 0.15) is 5.82 Å². The fraction of sp³-hybridized carbons (Fsp3) is 0.0606. The van der Waals surface area contributed by atoms with Crippen LogP contribution < -0.4 is 9.47 Å². The minimum atomic E-state index is -0.0435. The predicted octanol–water partition coefficient (Wildman–Crippen LogP) is 16.2. The summed E-state index contributed by atoms with van der Waals surface area (Å²) in [6.45, 7) is 6.73. The Balaban J connectivity index is 0.00000530. The van der Waals surface area contributed by atoms with Gasteiger partial charge in [0.2, 0.25) is 0 Å². The Morgan fingerprint density at radius 3 is 1.82 bits per heavy atom. The maximum atomic E-state index is 4.96. The molecule has 0 saturated heterocycles. The van der Waals surface area contributed by atoms with E-state index in [1.54, 1.807) is 0 Å². The molecule has 0 aliphatic carbocycles. The molecule has 13 aromatic rings. The second kappa shape index (κ2) is 18.1. The first-order valence-corrected chi connectivity index (χ1v) is 24.2. The Morgan fingerprint density at radius 2 is 1.11 bits per heavy atom. The number of para-hydroxylation sites is 5. The topological polar surface area (TPSA) is 29.9 Å². The van der Waals surface area contributed by atoms with Crippen LogP contribution in [0.25, 0.3) is 93.8 Å². The van der Waals surface area contributed by atoms with Crippen molar-refractivity contribution in [2.45, 2.75) is 26.2 Å². The van der Waals surface area contributed by atoms with E-state index in [0.717, 1.165) is 89.3 Å². The number of nitrogens with zero attached hydrogens (tertiary/aromatic N) is 5. The average Bonchev–Trinajstić information content (AvgIpc) is 3.97. The number of benzene rings is 10. The summed E-state index contributed by atoms with van der Waals surface area (Å²) in [6, 6.07) is 88.0. The van der Waals surface area contributed by atoms with E-state index in [0.29, 0.717) is 0 Å². The van der Waals surface area contributed by atoms with E-state index in [2.05, 4.69) is 282 Å². The van der Waals surface area contributed by atoms with E-state index in [1.807, 2.05) is 6.20 Å². The summed E-state index contributed by atoms with van der Waals surface area (Å²) in [7, 11) is 0. The van der Waals surface area contributed by atoms with Crippen molar-refractivity contribution in [2.24, 2.45) is 0 Å². The van der Waals surface area contributed by atoms with Gasteiger partial charge in [-0.25, -0.2) is 4.98 Å². The minimum absolute atomic E-state index is 0. The second-order valence-electron chi connectivity index (χ2n) is 19.3. The van der Waals surface area contributed by atoms with Crippen LogP contribution in [0.2, 0.25) is 0 Å². The first-order valence-electron chi connectivity index (χ1n) is 24.2. The van der Waals surface area contributed by atoms with Gasteiger partial charge in [-0.3, -0.25) is 4.57 Å². The second-order valence-corrected chi connectivity index (χ2v) is 19.3. The van der Waals surface area contributed by atoms with Crippen LogP contribution in [-0.2, 0) is 26.5 Å². The first-order chi connectivity index (χ1) is 34.8. The first kappa shape index (κ1) is 44.8. The van der Waals surface area contributed by atoms with Crippen LogP contribution in [0.3, 0.4) is 0 Å². The van der Waals surface area contributed by atoms with Crippen molar-refractivity contribution < 1.29 is 25.6 Å². The standard InChI is InChI=1S/C66H47N5.Pt/c1-66(2,3)51-37-38-67-64(41-51)71-60-28-12-11-25-58(60)59-36-35-55(43-63(59)71)70(52-21-5-4-6-22-52)54-24-15-23-53(42-54)68-44-69(62-30-14-13-29-61(62)68)65-56(49-33-31-45-17-7-9-19-47(45)39-49)26-16-27-57(65)50-34-32-46-18-8-10-20-48(46)40-50;/h4-41H,1-3H3;/q-2;. The van der Waals surface area contributed by atoms with Crippen molar-refractivity contribution in [3.8, 4) is 39.4 Å². The van der Waals surface area contributed by atoms with Crippen LogP contribution in [0.4, 0.5) is 17.1 Å². The largest absolute Gasteiger partial charge is 0.359 e. The SMILES string of the molecule is CC(C)(C)c1ccnc(-n2c3[c-]c(N(c4[c-]c(-n5[c-][n+](-c6c(-c7ccc8ccccc8c7)cccc6-c6ccc7ccccc7c6)c6ccccc65)ccc4)c4ccccc4)ccc3c3ccccc32)c1.[Pt]. The Morgan fingerprint density at radius 1 is 0.500 bits per heavy atom. The molecule has 0 aliphatic heterocycles. The van der Waals surface area contributed by atoms with E-state index >= 15 is 0 Å². The zero-order chi connectivity index (χ0) is 47.6. The summed E-state index contributed by atoms with van der Waals surface area (Å²) in [5, 5.41) is 7.08. The molecule has 3 aromatic heterocycles. The van der Waals surface area contributed by atoms with Crippen LogP contribution in [-0.4, -0.2) is 14.1 Å². The number of hydrogen-bond donors (Lipinski definition) is 0. The fourth-order valence-electron chi connectivity index (χ4n) is 10.3. The third-order valence-corrected chi connectivity index (χ3v) is 13.9. The minimum Gasteiger partial charge on any atom is -0.359 e. The maximum Gasteiger partial charge on any atom is 0.268 e. The number of rotatable bonds is 8. The molecule has 0 aliphatic rings. The molecule has 0 radical (unpaired) electrons. The van der Waals surface area contributed by atoms with Gasteiger partial charge in [-0.05, 0) is 108 Å². The summed E-state index contributed by atoms with van der Waals surface area (Å²) >= 11 is 0. The summed E-state index contributed by atoms with van der Waals surface area (Å²) in [5.74, 6) is 0.867. The third kappa shape index (κ3) is 7.78. The monoisotopic (exact) mass is 1100 g/mol. The van der Waals surface area contributed by atoms with Gasteiger partial charge in [0.25, 0.3) is 6.33 Å². The van der Waals surface area contributed by atoms with E-state index in [9.17, 15) is 0 Å². The van der Waals surface area contributed by atoms with Gasteiger partial charge < -0.3 is 14.0 Å². The van der Waals surface area contributed by atoms with Gasteiger partial charge in [-0.15, -0.1) is 23.6 Å². The molecule has 0 bridgehead atoms. The number of aromatic nitrogens is 4. The molecule has 3 heterocycles. The van der Waals surface area contributed by atoms with Crippen molar-refractivity contribution in [1.82, 2.24) is 14.1 Å². The number of pyridine rings is 1. The fourth-order valence-corrected chi connectivity index (χ4v) is 10.3. The molecule has 5 nitrogen and oxygen atoms in total. The molecule has 10 aromatic carbocycles. The number of anilines is 3. The van der Waals surface area contributed by atoms with Crippen molar-refractivity contribution >= 4 is 71.4 Å². The number of hydrogen-bond acceptors (Lipinski definition) is 2. The normalized spacial score (nSPS) is 11.7. The molecule has 72 heavy (non-hydrogen) atoms. The molecule has 6 heteroatoms. The average molecular weight is 1110 g/mol. The molecule has 13 rings (SSSR count). The van der Waals surface area contributed by atoms with E-state index < -0.39 is 0 Å². The number of fused-ring (bicyclic) bond motifs is 6. The summed E-state index contributed by atoms with van der Waals surface area (Å²) < 4.78 is 6.67. The third-order valence-electron chi connectivity index (χ3n) is 13.9. The van der Waals surface area contributed by atoms with Gasteiger partial charge in [0.05, 0.1) is 16.7 Å². The van der Waals surface area contributed by atoms with Gasteiger partial charge in [0, 0.05) is 38.5 Å². The molecule has 0 atom stereocenters. The van der Waals surface area contributed by atoms with Crippen molar-refractivity contribution in [3.05, 3.63) is 255 Å². The van der Waals surface area contributed by atoms with E-state index in [1.165, 1.54) is 27.1 Å². The maximum absolute atomic E-state index is 4.96. The van der Waals surface area contributed by atoms with Gasteiger partial charge in [-0.2, -0.15) is 24.3 Å². The quantitative estimate of drug-likeness (QED) is 0.112. The summed E-state index contributed by atoms with van der Waals surface area (Å²) in [5.41, 5.74) is 14.4. The molecule has 0 saturated carbocycles. The molecular formula is C66H47N5Pt-2. The van der Waals surface area contributed by atoms with Crippen LogP contribution in [0.15, 0.2) is 231 Å².